The van der Waals surface area contributed by atoms with Gasteiger partial charge in [-0.15, -0.1) is 0 Å². The highest BCUT2D eigenvalue weighted by Crippen LogP contribution is 2.58. The molecule has 0 nitrogen and oxygen atoms in total. The zero-order valence-corrected chi connectivity index (χ0v) is 26.2. The summed E-state index contributed by atoms with van der Waals surface area (Å²) in [7, 11) is 0. The molecule has 0 saturated heterocycles. The van der Waals surface area contributed by atoms with Gasteiger partial charge in [-0.1, -0.05) is 181 Å². The van der Waals surface area contributed by atoms with Gasteiger partial charge in [0, 0.05) is 0 Å². The van der Waals surface area contributed by atoms with E-state index in [2.05, 4.69) is 184 Å². The molecule has 0 aromatic heterocycles. The van der Waals surface area contributed by atoms with Crippen LogP contribution in [0.5, 0.6) is 0 Å². The summed E-state index contributed by atoms with van der Waals surface area (Å²) in [6, 6.07) is 64.0. The number of hydrogen-bond acceptors (Lipinski definition) is 0. The zero-order chi connectivity index (χ0) is 30.9. The molecule has 218 valence electrons. The summed E-state index contributed by atoms with van der Waals surface area (Å²) in [6.45, 7) is 4.34. The second kappa shape index (κ2) is 10.0. The van der Waals surface area contributed by atoms with Gasteiger partial charge in [-0.2, -0.15) is 0 Å². The predicted molar refractivity (Wildman–Crippen MR) is 191 cm³/mol. The molecule has 7 aromatic rings. The van der Waals surface area contributed by atoms with Crippen LogP contribution in [0, 0.1) is 13.8 Å². The molecule has 0 unspecified atom stereocenters. The minimum absolute atomic E-state index is 0.415. The molecule has 0 bridgehead atoms. The summed E-state index contributed by atoms with van der Waals surface area (Å²) in [4.78, 5) is 0. The molecule has 0 heteroatoms. The molecule has 9 rings (SSSR count). The second-order valence-corrected chi connectivity index (χ2v) is 13.0. The van der Waals surface area contributed by atoms with Crippen LogP contribution in [0.15, 0.2) is 170 Å². The van der Waals surface area contributed by atoms with Crippen LogP contribution < -0.4 is 0 Å². The molecule has 0 atom stereocenters. The lowest BCUT2D eigenvalue weighted by atomic mass is 9.65. The Morgan fingerprint density at radius 3 is 0.739 bits per heavy atom. The summed E-state index contributed by atoms with van der Waals surface area (Å²) >= 11 is 0. The molecule has 2 aliphatic rings. The Hall–Kier alpha value is -5.46. The van der Waals surface area contributed by atoms with E-state index in [1.807, 2.05) is 0 Å². The summed E-state index contributed by atoms with van der Waals surface area (Å²) in [5.74, 6) is 0. The molecule has 0 amide bonds. The van der Waals surface area contributed by atoms with Crippen LogP contribution in [0.4, 0.5) is 0 Å². The first-order valence-electron chi connectivity index (χ1n) is 16.3. The SMILES string of the molecule is Cc1ccc(C2(c3ccc(C4(c5ccc(C)cc5)c5ccccc5-c5ccccc54)cc3)c3ccccc3-c3ccccc32)cc1. The molecule has 0 heterocycles. The van der Waals surface area contributed by atoms with Crippen LogP contribution in [0.25, 0.3) is 22.3 Å². The van der Waals surface area contributed by atoms with Gasteiger partial charge >= 0.3 is 0 Å². The minimum Gasteiger partial charge on any atom is -0.0619 e. The van der Waals surface area contributed by atoms with Crippen molar-refractivity contribution in [3.05, 3.63) is 225 Å². The molecule has 0 fully saturated rings. The maximum Gasteiger partial charge on any atom is 0.0713 e. The normalized spacial score (nSPS) is 14.7. The fourth-order valence-corrected chi connectivity index (χ4v) is 8.62. The highest BCUT2D eigenvalue weighted by molar-refractivity contribution is 5.88. The molecule has 7 aromatic carbocycles. The van der Waals surface area contributed by atoms with E-state index in [9.17, 15) is 0 Å². The van der Waals surface area contributed by atoms with Crippen molar-refractivity contribution in [1.82, 2.24) is 0 Å². The molecular weight excluding hydrogens is 553 g/mol. The van der Waals surface area contributed by atoms with Gasteiger partial charge in [0.1, 0.15) is 0 Å². The van der Waals surface area contributed by atoms with E-state index in [1.54, 1.807) is 0 Å². The molecule has 46 heavy (non-hydrogen) atoms. The molecule has 0 radical (unpaired) electrons. The molecule has 0 saturated carbocycles. The van der Waals surface area contributed by atoms with Crippen LogP contribution in [0.3, 0.4) is 0 Å². The Morgan fingerprint density at radius 1 is 0.261 bits per heavy atom. The molecule has 0 spiro atoms. The lowest BCUT2D eigenvalue weighted by Crippen LogP contribution is -2.30. The zero-order valence-electron chi connectivity index (χ0n) is 26.2. The second-order valence-electron chi connectivity index (χ2n) is 13.0. The maximum absolute atomic E-state index is 2.41. The number of hydrogen-bond donors (Lipinski definition) is 0. The van der Waals surface area contributed by atoms with Gasteiger partial charge in [-0.05, 0) is 80.6 Å². The number of aryl methyl sites for hydroxylation is 2. The van der Waals surface area contributed by atoms with E-state index in [-0.39, 0.29) is 0 Å². The quantitative estimate of drug-likeness (QED) is 0.192. The van der Waals surface area contributed by atoms with Crippen LogP contribution in [0.1, 0.15) is 55.6 Å². The Balaban J connectivity index is 1.33. The standard InChI is InChI=1S/C46H34/c1-31-19-23-33(24-20-31)45(41-15-7-3-11-37(41)38-12-4-8-16-42(38)45)35-27-29-36(30-28-35)46(34-25-21-32(2)22-26-34)43-17-9-5-13-39(43)40-14-6-10-18-44(40)46/h3-30H,1-2H3. The van der Waals surface area contributed by atoms with Crippen molar-refractivity contribution in [2.75, 3.05) is 0 Å². The maximum atomic E-state index is 2.41. The highest BCUT2D eigenvalue weighted by Gasteiger charge is 2.48. The Morgan fingerprint density at radius 2 is 0.478 bits per heavy atom. The first kappa shape index (κ1) is 26.9. The third kappa shape index (κ3) is 3.50. The van der Waals surface area contributed by atoms with Gasteiger partial charge in [0.05, 0.1) is 10.8 Å². The van der Waals surface area contributed by atoms with Crippen molar-refractivity contribution in [3.8, 4) is 22.3 Å². The minimum atomic E-state index is -0.415. The van der Waals surface area contributed by atoms with E-state index in [1.165, 1.54) is 77.9 Å². The first-order valence-corrected chi connectivity index (χ1v) is 16.3. The lowest BCUT2D eigenvalue weighted by Gasteiger charge is -2.36. The van der Waals surface area contributed by atoms with E-state index in [4.69, 9.17) is 0 Å². The average molecular weight is 587 g/mol. The van der Waals surface area contributed by atoms with Crippen LogP contribution in [0.2, 0.25) is 0 Å². The molecule has 2 aliphatic carbocycles. The van der Waals surface area contributed by atoms with E-state index >= 15 is 0 Å². The third-order valence-corrected chi connectivity index (χ3v) is 10.6. The summed E-state index contributed by atoms with van der Waals surface area (Å²) in [6.07, 6.45) is 0. The van der Waals surface area contributed by atoms with Crippen molar-refractivity contribution in [2.45, 2.75) is 24.7 Å². The summed E-state index contributed by atoms with van der Waals surface area (Å²) in [5, 5.41) is 0. The van der Waals surface area contributed by atoms with Gasteiger partial charge in [0.15, 0.2) is 0 Å². The first-order chi connectivity index (χ1) is 22.6. The van der Waals surface area contributed by atoms with E-state index in [0.29, 0.717) is 0 Å². The van der Waals surface area contributed by atoms with E-state index in [0.717, 1.165) is 0 Å². The number of benzene rings is 7. The van der Waals surface area contributed by atoms with E-state index < -0.39 is 10.8 Å². The van der Waals surface area contributed by atoms with Crippen molar-refractivity contribution >= 4 is 0 Å². The molecule has 0 aliphatic heterocycles. The Bertz CT molecular complexity index is 1990. The van der Waals surface area contributed by atoms with Crippen LogP contribution in [-0.4, -0.2) is 0 Å². The monoisotopic (exact) mass is 586 g/mol. The fraction of sp³-hybridized carbons (Fsp3) is 0.0870. The van der Waals surface area contributed by atoms with Gasteiger partial charge in [-0.25, -0.2) is 0 Å². The third-order valence-electron chi connectivity index (χ3n) is 10.6. The van der Waals surface area contributed by atoms with Gasteiger partial charge < -0.3 is 0 Å². The topological polar surface area (TPSA) is 0 Å². The molecular formula is C46H34. The fourth-order valence-electron chi connectivity index (χ4n) is 8.62. The van der Waals surface area contributed by atoms with Crippen molar-refractivity contribution in [2.24, 2.45) is 0 Å². The lowest BCUT2D eigenvalue weighted by molar-refractivity contribution is 0.750. The number of fused-ring (bicyclic) bond motifs is 6. The predicted octanol–water partition coefficient (Wildman–Crippen LogP) is 11.0. The summed E-state index contributed by atoms with van der Waals surface area (Å²) in [5.41, 5.74) is 17.5. The highest BCUT2D eigenvalue weighted by atomic mass is 14.5. The summed E-state index contributed by atoms with van der Waals surface area (Å²) < 4.78 is 0. The smallest absolute Gasteiger partial charge is 0.0619 e. The Labute approximate surface area is 271 Å². The van der Waals surface area contributed by atoms with Crippen LogP contribution >= 0.6 is 0 Å². The average Bonchev–Trinajstić information content (AvgIpc) is 3.58. The van der Waals surface area contributed by atoms with Gasteiger partial charge in [-0.3, -0.25) is 0 Å². The number of rotatable bonds is 4. The van der Waals surface area contributed by atoms with Crippen molar-refractivity contribution in [1.29, 1.82) is 0 Å². The molecule has 0 N–H and O–H groups in total. The van der Waals surface area contributed by atoms with Gasteiger partial charge in [0.2, 0.25) is 0 Å². The van der Waals surface area contributed by atoms with Crippen molar-refractivity contribution in [3.63, 3.8) is 0 Å². The van der Waals surface area contributed by atoms with Crippen molar-refractivity contribution < 1.29 is 0 Å². The van der Waals surface area contributed by atoms with Gasteiger partial charge in [0.25, 0.3) is 0 Å². The Kier molecular flexibility index (Phi) is 5.86. The largest absolute Gasteiger partial charge is 0.0713 e. The van der Waals surface area contributed by atoms with Crippen LogP contribution in [-0.2, 0) is 10.8 Å².